The Kier molecular flexibility index (Phi) is 8.76. The molecule has 0 saturated carbocycles. The normalized spacial score (nSPS) is 11.2. The number of hydrogen-bond acceptors (Lipinski definition) is 7. The number of amidine groups is 1. The SMILES string of the molecule is CCCOc1cc(OC)cc(C(Nc2ccc(C(=N)N)cc2)C(=O)NNC(=O)c2ccccn2)c1F. The smallest absolute Gasteiger partial charge is 0.288 e. The number of carbonyl (C=O) groups excluding carboxylic acids is 2. The third-order valence-electron chi connectivity index (χ3n) is 5.02. The molecule has 2 amide bonds. The van der Waals surface area contributed by atoms with Gasteiger partial charge in [-0.05, 0) is 48.9 Å². The number of anilines is 1. The molecule has 36 heavy (non-hydrogen) atoms. The monoisotopic (exact) mass is 494 g/mol. The van der Waals surface area contributed by atoms with Crippen LogP contribution in [0.25, 0.3) is 0 Å². The predicted octanol–water partition coefficient (Wildman–Crippen LogP) is 2.92. The number of amides is 2. The molecule has 3 aromatic rings. The lowest BCUT2D eigenvalue weighted by Crippen LogP contribution is -2.45. The molecule has 0 bridgehead atoms. The number of benzene rings is 2. The van der Waals surface area contributed by atoms with Crippen molar-refractivity contribution in [2.24, 2.45) is 5.73 Å². The third-order valence-corrected chi connectivity index (χ3v) is 5.02. The molecule has 1 aromatic heterocycles. The second-order valence-electron chi connectivity index (χ2n) is 7.60. The summed E-state index contributed by atoms with van der Waals surface area (Å²) in [6.45, 7) is 2.15. The Morgan fingerprint density at radius 1 is 1.14 bits per heavy atom. The van der Waals surface area contributed by atoms with E-state index in [0.717, 1.165) is 0 Å². The first kappa shape index (κ1) is 25.9. The van der Waals surface area contributed by atoms with Crippen LogP contribution in [-0.2, 0) is 4.79 Å². The summed E-state index contributed by atoms with van der Waals surface area (Å²) in [6.07, 6.45) is 2.09. The molecular weight excluding hydrogens is 467 g/mol. The van der Waals surface area contributed by atoms with Crippen LogP contribution in [0.1, 0.15) is 41.0 Å². The fraction of sp³-hybridized carbons (Fsp3) is 0.200. The number of pyridine rings is 1. The summed E-state index contributed by atoms with van der Waals surface area (Å²) in [7, 11) is 1.41. The van der Waals surface area contributed by atoms with Gasteiger partial charge in [0.15, 0.2) is 11.6 Å². The minimum absolute atomic E-state index is 0.0688. The van der Waals surface area contributed by atoms with Gasteiger partial charge in [-0.15, -0.1) is 0 Å². The highest BCUT2D eigenvalue weighted by molar-refractivity contribution is 5.96. The molecule has 0 aliphatic rings. The molecule has 0 aliphatic carbocycles. The zero-order chi connectivity index (χ0) is 26.1. The summed E-state index contributed by atoms with van der Waals surface area (Å²) in [5, 5.41) is 10.5. The second kappa shape index (κ2) is 12.2. The average Bonchev–Trinajstić information content (AvgIpc) is 2.90. The van der Waals surface area contributed by atoms with Crippen molar-refractivity contribution < 1.29 is 23.5 Å². The maximum absolute atomic E-state index is 15.5. The van der Waals surface area contributed by atoms with E-state index in [1.54, 1.807) is 36.4 Å². The molecule has 0 spiro atoms. The Morgan fingerprint density at radius 3 is 2.50 bits per heavy atom. The molecule has 1 unspecified atom stereocenters. The summed E-state index contributed by atoms with van der Waals surface area (Å²) < 4.78 is 26.3. The lowest BCUT2D eigenvalue weighted by molar-refractivity contribution is -0.122. The summed E-state index contributed by atoms with van der Waals surface area (Å²) in [6, 6.07) is 12.6. The van der Waals surface area contributed by atoms with Gasteiger partial charge >= 0.3 is 0 Å². The van der Waals surface area contributed by atoms with E-state index >= 15 is 4.39 Å². The summed E-state index contributed by atoms with van der Waals surface area (Å²) in [4.78, 5) is 29.5. The van der Waals surface area contributed by atoms with Crippen molar-refractivity contribution >= 4 is 23.3 Å². The van der Waals surface area contributed by atoms with E-state index in [0.29, 0.717) is 17.7 Å². The van der Waals surface area contributed by atoms with Gasteiger partial charge in [0.05, 0.1) is 13.7 Å². The van der Waals surface area contributed by atoms with Crippen molar-refractivity contribution in [1.29, 1.82) is 5.41 Å². The molecule has 0 aliphatic heterocycles. The molecule has 1 heterocycles. The number of carbonyl (C=O) groups is 2. The molecule has 6 N–H and O–H groups in total. The largest absolute Gasteiger partial charge is 0.497 e. The first-order valence-electron chi connectivity index (χ1n) is 11.1. The van der Waals surface area contributed by atoms with Crippen LogP contribution in [0.15, 0.2) is 60.8 Å². The molecule has 0 saturated heterocycles. The van der Waals surface area contributed by atoms with E-state index in [2.05, 4.69) is 21.2 Å². The number of aromatic nitrogens is 1. The number of rotatable bonds is 10. The molecule has 1 atom stereocenters. The van der Waals surface area contributed by atoms with Gasteiger partial charge in [-0.2, -0.15) is 0 Å². The molecule has 11 heteroatoms. The van der Waals surface area contributed by atoms with E-state index < -0.39 is 23.7 Å². The molecule has 0 fully saturated rings. The van der Waals surface area contributed by atoms with Crippen LogP contribution in [0.2, 0.25) is 0 Å². The highest BCUT2D eigenvalue weighted by Crippen LogP contribution is 2.33. The molecule has 2 aromatic carbocycles. The van der Waals surface area contributed by atoms with Gasteiger partial charge in [0.2, 0.25) is 0 Å². The van der Waals surface area contributed by atoms with Gasteiger partial charge in [-0.1, -0.05) is 13.0 Å². The number of nitrogen functional groups attached to an aromatic ring is 1. The Labute approximate surface area is 207 Å². The highest BCUT2D eigenvalue weighted by atomic mass is 19.1. The zero-order valence-electron chi connectivity index (χ0n) is 19.8. The number of nitrogens with one attached hydrogen (secondary N) is 4. The topological polar surface area (TPSA) is 151 Å². The third kappa shape index (κ3) is 6.47. The number of hydrogen-bond donors (Lipinski definition) is 5. The predicted molar refractivity (Wildman–Crippen MR) is 132 cm³/mol. The fourth-order valence-electron chi connectivity index (χ4n) is 3.19. The molecule has 0 radical (unpaired) electrons. The average molecular weight is 495 g/mol. The van der Waals surface area contributed by atoms with Crippen molar-refractivity contribution in [2.75, 3.05) is 19.0 Å². The van der Waals surface area contributed by atoms with Crippen LogP contribution in [-0.4, -0.2) is 36.4 Å². The Bertz CT molecular complexity index is 1220. The first-order chi connectivity index (χ1) is 17.3. The van der Waals surface area contributed by atoms with Gasteiger partial charge < -0.3 is 20.5 Å². The van der Waals surface area contributed by atoms with Gasteiger partial charge in [0.25, 0.3) is 11.8 Å². The highest BCUT2D eigenvalue weighted by Gasteiger charge is 2.28. The van der Waals surface area contributed by atoms with Crippen LogP contribution in [0, 0.1) is 11.2 Å². The minimum atomic E-state index is -1.31. The Balaban J connectivity index is 1.94. The van der Waals surface area contributed by atoms with Crippen molar-refractivity contribution in [3.63, 3.8) is 0 Å². The summed E-state index contributed by atoms with van der Waals surface area (Å²) >= 11 is 0. The molecule has 188 valence electrons. The van der Waals surface area contributed by atoms with E-state index in [1.807, 2.05) is 6.92 Å². The van der Waals surface area contributed by atoms with Crippen LogP contribution < -0.4 is 31.4 Å². The van der Waals surface area contributed by atoms with Crippen LogP contribution in [0.3, 0.4) is 0 Å². The van der Waals surface area contributed by atoms with Gasteiger partial charge in [-0.3, -0.25) is 30.8 Å². The van der Waals surface area contributed by atoms with E-state index in [1.165, 1.54) is 31.5 Å². The Morgan fingerprint density at radius 2 is 1.89 bits per heavy atom. The summed E-state index contributed by atoms with van der Waals surface area (Å²) in [5.41, 5.74) is 11.0. The fourth-order valence-corrected chi connectivity index (χ4v) is 3.19. The number of halogens is 1. The number of nitrogens with two attached hydrogens (primary N) is 1. The molecule has 3 rings (SSSR count). The number of ether oxygens (including phenoxy) is 2. The minimum Gasteiger partial charge on any atom is -0.497 e. The van der Waals surface area contributed by atoms with Crippen molar-refractivity contribution in [1.82, 2.24) is 15.8 Å². The van der Waals surface area contributed by atoms with Gasteiger partial charge in [-0.25, -0.2) is 4.39 Å². The molecular formula is C25H27FN6O4. The van der Waals surface area contributed by atoms with Crippen molar-refractivity contribution in [2.45, 2.75) is 19.4 Å². The van der Waals surface area contributed by atoms with Crippen LogP contribution in [0.4, 0.5) is 10.1 Å². The standard InChI is InChI=1S/C25H27FN6O4/c1-3-12-36-20-14-17(35-2)13-18(21(20)26)22(30-16-9-7-15(8-10-16)23(27)28)25(34)32-31-24(33)19-6-4-5-11-29-19/h4-11,13-14,22,30H,3,12H2,1-2H3,(H3,27,28)(H,31,33)(H,32,34). The number of methoxy groups -OCH3 is 1. The molecule has 10 nitrogen and oxygen atoms in total. The lowest BCUT2D eigenvalue weighted by Gasteiger charge is -2.22. The van der Waals surface area contributed by atoms with Crippen LogP contribution in [0.5, 0.6) is 11.5 Å². The van der Waals surface area contributed by atoms with Crippen molar-refractivity contribution in [3.05, 3.63) is 83.4 Å². The van der Waals surface area contributed by atoms with E-state index in [9.17, 15) is 9.59 Å². The zero-order valence-corrected chi connectivity index (χ0v) is 19.8. The van der Waals surface area contributed by atoms with Gasteiger partial charge in [0.1, 0.15) is 23.3 Å². The van der Waals surface area contributed by atoms with E-state index in [4.69, 9.17) is 20.6 Å². The van der Waals surface area contributed by atoms with Gasteiger partial charge in [0, 0.05) is 29.1 Å². The Hall–Kier alpha value is -4.67. The number of nitrogens with zero attached hydrogens (tertiary/aromatic N) is 1. The maximum atomic E-state index is 15.5. The number of hydrazine groups is 1. The second-order valence-corrected chi connectivity index (χ2v) is 7.60. The lowest BCUT2D eigenvalue weighted by atomic mass is 10.0. The summed E-state index contributed by atoms with van der Waals surface area (Å²) in [5.74, 6) is -2.08. The quantitative estimate of drug-likeness (QED) is 0.165. The van der Waals surface area contributed by atoms with Crippen molar-refractivity contribution in [3.8, 4) is 11.5 Å². The maximum Gasteiger partial charge on any atom is 0.288 e. The van der Waals surface area contributed by atoms with Crippen LogP contribution >= 0.6 is 0 Å². The van der Waals surface area contributed by atoms with E-state index in [-0.39, 0.29) is 35.2 Å². The first-order valence-corrected chi connectivity index (χ1v) is 11.1.